The number of rotatable bonds is 3. The molecule has 0 fully saturated rings. The molecule has 0 aromatic heterocycles. The van der Waals surface area contributed by atoms with Crippen LogP contribution in [0.2, 0.25) is 0 Å². The molecule has 1 amide bonds. The van der Waals surface area contributed by atoms with Gasteiger partial charge in [0.25, 0.3) is 5.91 Å². The van der Waals surface area contributed by atoms with Crippen LogP contribution in [0.25, 0.3) is 10.8 Å². The number of carbonyl (C=O) groups is 1. The van der Waals surface area contributed by atoms with Gasteiger partial charge >= 0.3 is 0 Å². The molecule has 0 atom stereocenters. The molecule has 4 nitrogen and oxygen atoms in total. The molecule has 108 valence electrons. The molecule has 3 aromatic carbocycles. The fraction of sp³-hybridized carbons (Fsp3) is 0. The molecule has 0 spiro atoms. The quantitative estimate of drug-likeness (QED) is 0.574. The van der Waals surface area contributed by atoms with E-state index in [2.05, 4.69) is 10.5 Å². The Morgan fingerprint density at radius 1 is 0.955 bits per heavy atom. The van der Waals surface area contributed by atoms with Crippen molar-refractivity contribution in [2.75, 3.05) is 0 Å². The number of benzene rings is 3. The van der Waals surface area contributed by atoms with Crippen LogP contribution in [0, 0.1) is 0 Å². The number of fused-ring (bicyclic) bond motifs is 1. The highest BCUT2D eigenvalue weighted by Crippen LogP contribution is 2.16. The van der Waals surface area contributed by atoms with E-state index in [1.807, 2.05) is 42.5 Å². The van der Waals surface area contributed by atoms with Crippen molar-refractivity contribution in [1.29, 1.82) is 0 Å². The number of phenolic OH excluding ortho intramolecular Hbond substituents is 1. The number of phenols is 1. The number of hydrogen-bond donors (Lipinski definition) is 2. The second-order valence-electron chi connectivity index (χ2n) is 4.81. The molecule has 0 unspecified atom stereocenters. The van der Waals surface area contributed by atoms with E-state index < -0.39 is 0 Å². The summed E-state index contributed by atoms with van der Waals surface area (Å²) in [6, 6.07) is 19.9. The summed E-state index contributed by atoms with van der Waals surface area (Å²) in [6.45, 7) is 0. The first-order chi connectivity index (χ1) is 10.7. The number of aromatic hydroxyl groups is 1. The van der Waals surface area contributed by atoms with Crippen LogP contribution in [-0.2, 0) is 0 Å². The van der Waals surface area contributed by atoms with E-state index in [-0.39, 0.29) is 11.7 Å². The van der Waals surface area contributed by atoms with Crippen molar-refractivity contribution in [3.8, 4) is 5.75 Å². The molecule has 0 aliphatic carbocycles. The van der Waals surface area contributed by atoms with Gasteiger partial charge in [0.15, 0.2) is 0 Å². The SMILES string of the molecule is O=C(N/N=C\c1cccc2ccccc12)c1ccc(O)cc1. The number of nitrogens with one attached hydrogen (secondary N) is 1. The van der Waals surface area contributed by atoms with E-state index in [0.29, 0.717) is 5.56 Å². The first kappa shape index (κ1) is 13.8. The summed E-state index contributed by atoms with van der Waals surface area (Å²) < 4.78 is 0. The normalized spacial score (nSPS) is 10.9. The predicted molar refractivity (Wildman–Crippen MR) is 87.1 cm³/mol. The van der Waals surface area contributed by atoms with Gasteiger partial charge in [0.05, 0.1) is 6.21 Å². The largest absolute Gasteiger partial charge is 0.508 e. The van der Waals surface area contributed by atoms with E-state index in [9.17, 15) is 9.90 Å². The van der Waals surface area contributed by atoms with Crippen LogP contribution in [0.5, 0.6) is 5.75 Å². The van der Waals surface area contributed by atoms with Crippen molar-refractivity contribution >= 4 is 22.9 Å². The van der Waals surface area contributed by atoms with Crippen molar-refractivity contribution in [3.63, 3.8) is 0 Å². The highest BCUT2D eigenvalue weighted by atomic mass is 16.3. The molecule has 22 heavy (non-hydrogen) atoms. The summed E-state index contributed by atoms with van der Waals surface area (Å²) in [6.07, 6.45) is 1.63. The maximum absolute atomic E-state index is 11.9. The van der Waals surface area contributed by atoms with Gasteiger partial charge in [-0.05, 0) is 35.0 Å². The van der Waals surface area contributed by atoms with Crippen molar-refractivity contribution in [1.82, 2.24) is 5.43 Å². The molecule has 0 heterocycles. The fourth-order valence-corrected chi connectivity index (χ4v) is 2.20. The molecule has 0 aliphatic heterocycles. The smallest absolute Gasteiger partial charge is 0.271 e. The summed E-state index contributed by atoms with van der Waals surface area (Å²) in [5.41, 5.74) is 3.85. The van der Waals surface area contributed by atoms with E-state index in [0.717, 1.165) is 16.3 Å². The Labute approximate surface area is 127 Å². The van der Waals surface area contributed by atoms with Gasteiger partial charge < -0.3 is 5.11 Å². The van der Waals surface area contributed by atoms with Gasteiger partial charge in [-0.3, -0.25) is 4.79 Å². The van der Waals surface area contributed by atoms with Gasteiger partial charge in [-0.25, -0.2) is 5.43 Å². The Hall–Kier alpha value is -3.14. The van der Waals surface area contributed by atoms with Crippen LogP contribution in [0.1, 0.15) is 15.9 Å². The Morgan fingerprint density at radius 2 is 1.68 bits per heavy atom. The zero-order valence-electron chi connectivity index (χ0n) is 11.7. The number of amides is 1. The van der Waals surface area contributed by atoms with Crippen molar-refractivity contribution in [2.45, 2.75) is 0 Å². The molecule has 0 saturated heterocycles. The summed E-state index contributed by atoms with van der Waals surface area (Å²) >= 11 is 0. The van der Waals surface area contributed by atoms with Crippen molar-refractivity contribution in [2.24, 2.45) is 5.10 Å². The van der Waals surface area contributed by atoms with Crippen LogP contribution in [-0.4, -0.2) is 17.2 Å². The van der Waals surface area contributed by atoms with Gasteiger partial charge in [0, 0.05) is 11.1 Å². The third-order valence-corrected chi connectivity index (χ3v) is 3.32. The Kier molecular flexibility index (Phi) is 3.83. The summed E-state index contributed by atoms with van der Waals surface area (Å²) in [7, 11) is 0. The van der Waals surface area contributed by atoms with E-state index >= 15 is 0 Å². The molecule has 3 aromatic rings. The zero-order chi connectivity index (χ0) is 15.4. The average Bonchev–Trinajstić information content (AvgIpc) is 2.55. The lowest BCUT2D eigenvalue weighted by Crippen LogP contribution is -2.17. The van der Waals surface area contributed by atoms with E-state index in [1.54, 1.807) is 6.21 Å². The summed E-state index contributed by atoms with van der Waals surface area (Å²) in [4.78, 5) is 11.9. The van der Waals surface area contributed by atoms with Crippen molar-refractivity contribution < 1.29 is 9.90 Å². The lowest BCUT2D eigenvalue weighted by atomic mass is 10.1. The molecule has 0 saturated carbocycles. The number of hydrazone groups is 1. The van der Waals surface area contributed by atoms with Gasteiger partial charge in [-0.1, -0.05) is 42.5 Å². The first-order valence-electron chi connectivity index (χ1n) is 6.84. The molecular weight excluding hydrogens is 276 g/mol. The highest BCUT2D eigenvalue weighted by molar-refractivity contribution is 6.00. The second kappa shape index (κ2) is 6.10. The van der Waals surface area contributed by atoms with Gasteiger partial charge in [-0.15, -0.1) is 0 Å². The Morgan fingerprint density at radius 3 is 2.50 bits per heavy atom. The fourth-order valence-electron chi connectivity index (χ4n) is 2.20. The van der Waals surface area contributed by atoms with E-state index in [4.69, 9.17) is 0 Å². The van der Waals surface area contributed by atoms with Crippen LogP contribution in [0.3, 0.4) is 0 Å². The lowest BCUT2D eigenvalue weighted by Gasteiger charge is -2.02. The lowest BCUT2D eigenvalue weighted by molar-refractivity contribution is 0.0955. The molecule has 4 heteroatoms. The van der Waals surface area contributed by atoms with Crippen LogP contribution in [0.15, 0.2) is 71.8 Å². The third kappa shape index (κ3) is 2.96. The molecule has 0 bridgehead atoms. The summed E-state index contributed by atoms with van der Waals surface area (Å²) in [5, 5.41) is 15.4. The minimum atomic E-state index is -0.323. The van der Waals surface area contributed by atoms with Gasteiger partial charge in [-0.2, -0.15) is 5.10 Å². The number of hydrogen-bond acceptors (Lipinski definition) is 3. The molecule has 0 aliphatic rings. The zero-order valence-corrected chi connectivity index (χ0v) is 11.7. The number of nitrogens with zero attached hydrogens (tertiary/aromatic N) is 1. The predicted octanol–water partition coefficient (Wildman–Crippen LogP) is 3.31. The van der Waals surface area contributed by atoms with Gasteiger partial charge in [0.1, 0.15) is 5.75 Å². The summed E-state index contributed by atoms with van der Waals surface area (Å²) in [5.74, 6) is -0.202. The Balaban J connectivity index is 1.76. The molecule has 3 rings (SSSR count). The maximum atomic E-state index is 11.9. The first-order valence-corrected chi connectivity index (χ1v) is 6.84. The standard InChI is InChI=1S/C18H14N2O2/c21-16-10-8-14(9-11-16)18(22)20-19-12-15-6-3-5-13-4-1-2-7-17(13)15/h1-12,21H,(H,20,22)/b19-12-. The van der Waals surface area contributed by atoms with Crippen LogP contribution >= 0.6 is 0 Å². The van der Waals surface area contributed by atoms with Crippen molar-refractivity contribution in [3.05, 3.63) is 77.9 Å². The van der Waals surface area contributed by atoms with Gasteiger partial charge in [0.2, 0.25) is 0 Å². The number of carbonyl (C=O) groups excluding carboxylic acids is 1. The topological polar surface area (TPSA) is 61.7 Å². The maximum Gasteiger partial charge on any atom is 0.271 e. The third-order valence-electron chi connectivity index (χ3n) is 3.32. The molecule has 0 radical (unpaired) electrons. The monoisotopic (exact) mass is 290 g/mol. The molecule has 2 N–H and O–H groups in total. The van der Waals surface area contributed by atoms with Crippen LogP contribution in [0.4, 0.5) is 0 Å². The Bertz CT molecular complexity index is 834. The molecular formula is C18H14N2O2. The second-order valence-corrected chi connectivity index (χ2v) is 4.81. The minimum absolute atomic E-state index is 0.121. The van der Waals surface area contributed by atoms with Crippen LogP contribution < -0.4 is 5.43 Å². The average molecular weight is 290 g/mol. The van der Waals surface area contributed by atoms with E-state index in [1.165, 1.54) is 24.3 Å². The minimum Gasteiger partial charge on any atom is -0.508 e. The highest BCUT2D eigenvalue weighted by Gasteiger charge is 2.03.